The molecule has 0 aromatic heterocycles. The first-order valence-electron chi connectivity index (χ1n) is 5.38. The second kappa shape index (κ2) is 6.39. The molecular formula is C12H15Br3N2O. The number of hydrogen-bond donors (Lipinski definition) is 2. The van der Waals surface area contributed by atoms with Gasteiger partial charge in [0.05, 0.1) is 12.2 Å². The zero-order valence-electron chi connectivity index (χ0n) is 10.4. The molecule has 1 aromatic rings. The Labute approximate surface area is 132 Å². The molecule has 0 radical (unpaired) electrons. The summed E-state index contributed by atoms with van der Waals surface area (Å²) in [6, 6.07) is 3.85. The summed E-state index contributed by atoms with van der Waals surface area (Å²) in [6.45, 7) is 6.10. The van der Waals surface area contributed by atoms with Crippen molar-refractivity contribution in [2.24, 2.45) is 0 Å². The van der Waals surface area contributed by atoms with Crippen molar-refractivity contribution in [1.82, 2.24) is 5.32 Å². The molecule has 1 rings (SSSR count). The van der Waals surface area contributed by atoms with Crippen molar-refractivity contribution in [3.05, 3.63) is 25.6 Å². The Morgan fingerprint density at radius 2 is 1.67 bits per heavy atom. The molecule has 0 fully saturated rings. The van der Waals surface area contributed by atoms with Gasteiger partial charge in [-0.3, -0.25) is 4.79 Å². The summed E-state index contributed by atoms with van der Waals surface area (Å²) in [6.07, 6.45) is 0. The Morgan fingerprint density at radius 1 is 1.17 bits per heavy atom. The normalized spacial score (nSPS) is 11.2. The molecule has 18 heavy (non-hydrogen) atoms. The van der Waals surface area contributed by atoms with Crippen LogP contribution in [0.15, 0.2) is 25.6 Å². The van der Waals surface area contributed by atoms with E-state index >= 15 is 0 Å². The van der Waals surface area contributed by atoms with E-state index in [9.17, 15) is 4.79 Å². The lowest BCUT2D eigenvalue weighted by Gasteiger charge is -2.21. The summed E-state index contributed by atoms with van der Waals surface area (Å²) >= 11 is 10.3. The number of halogens is 3. The largest absolute Gasteiger partial charge is 0.374 e. The average Bonchev–Trinajstić information content (AvgIpc) is 2.12. The topological polar surface area (TPSA) is 41.1 Å². The molecule has 3 nitrogen and oxygen atoms in total. The van der Waals surface area contributed by atoms with Gasteiger partial charge in [0.25, 0.3) is 0 Å². The molecule has 0 unspecified atom stereocenters. The molecule has 1 aromatic carbocycles. The summed E-state index contributed by atoms with van der Waals surface area (Å²) < 4.78 is 2.76. The van der Waals surface area contributed by atoms with Gasteiger partial charge in [-0.2, -0.15) is 0 Å². The summed E-state index contributed by atoms with van der Waals surface area (Å²) in [5.74, 6) is -0.0378. The molecule has 0 aliphatic heterocycles. The number of anilines is 1. The number of benzene rings is 1. The van der Waals surface area contributed by atoms with E-state index in [-0.39, 0.29) is 18.0 Å². The Kier molecular flexibility index (Phi) is 5.67. The molecule has 2 N–H and O–H groups in total. The molecule has 0 saturated carbocycles. The van der Waals surface area contributed by atoms with E-state index in [1.807, 2.05) is 32.9 Å². The minimum absolute atomic E-state index is 0.0378. The highest BCUT2D eigenvalue weighted by molar-refractivity contribution is 9.11. The maximum Gasteiger partial charge on any atom is 0.239 e. The van der Waals surface area contributed by atoms with Crippen molar-refractivity contribution < 1.29 is 4.79 Å². The predicted molar refractivity (Wildman–Crippen MR) is 85.9 cm³/mol. The van der Waals surface area contributed by atoms with Crippen LogP contribution in [-0.2, 0) is 4.79 Å². The highest BCUT2D eigenvalue weighted by Crippen LogP contribution is 2.34. The van der Waals surface area contributed by atoms with Crippen LogP contribution < -0.4 is 10.6 Å². The van der Waals surface area contributed by atoms with Crippen molar-refractivity contribution >= 4 is 59.4 Å². The summed E-state index contributed by atoms with van der Waals surface area (Å²) in [7, 11) is 0. The predicted octanol–water partition coefficient (Wildman–Crippen LogP) is 4.30. The van der Waals surface area contributed by atoms with Crippen LogP contribution >= 0.6 is 47.8 Å². The van der Waals surface area contributed by atoms with Gasteiger partial charge in [-0.25, -0.2) is 0 Å². The monoisotopic (exact) mass is 440 g/mol. The lowest BCUT2D eigenvalue weighted by Crippen LogP contribution is -2.43. The SMILES string of the molecule is CC(C)(C)NC(=O)CNc1c(Br)cc(Br)cc1Br. The third-order valence-corrected chi connectivity index (χ3v) is 3.66. The molecule has 0 atom stereocenters. The van der Waals surface area contributed by atoms with Crippen molar-refractivity contribution in [2.75, 3.05) is 11.9 Å². The van der Waals surface area contributed by atoms with Crippen molar-refractivity contribution in [3.8, 4) is 0 Å². The Morgan fingerprint density at radius 3 is 2.11 bits per heavy atom. The van der Waals surface area contributed by atoms with Crippen LogP contribution in [0.5, 0.6) is 0 Å². The molecule has 6 heteroatoms. The zero-order chi connectivity index (χ0) is 13.9. The molecule has 0 saturated heterocycles. The van der Waals surface area contributed by atoms with Crippen LogP contribution in [-0.4, -0.2) is 18.0 Å². The fourth-order valence-electron chi connectivity index (χ4n) is 1.34. The molecule has 0 aliphatic rings. The van der Waals surface area contributed by atoms with Gasteiger partial charge < -0.3 is 10.6 Å². The summed E-state index contributed by atoms with van der Waals surface area (Å²) in [5, 5.41) is 6.00. The fourth-order valence-corrected chi connectivity index (χ4v) is 3.88. The van der Waals surface area contributed by atoms with Crippen LogP contribution in [0.25, 0.3) is 0 Å². The van der Waals surface area contributed by atoms with Gasteiger partial charge in [-0.1, -0.05) is 15.9 Å². The Bertz CT molecular complexity index is 432. The van der Waals surface area contributed by atoms with Gasteiger partial charge in [-0.15, -0.1) is 0 Å². The van der Waals surface area contributed by atoms with E-state index in [2.05, 4.69) is 58.4 Å². The number of amides is 1. The van der Waals surface area contributed by atoms with Gasteiger partial charge in [0, 0.05) is 19.0 Å². The highest BCUT2D eigenvalue weighted by Gasteiger charge is 2.14. The van der Waals surface area contributed by atoms with E-state index in [1.165, 1.54) is 0 Å². The highest BCUT2D eigenvalue weighted by atomic mass is 79.9. The minimum atomic E-state index is -0.215. The Balaban J connectivity index is 2.67. The van der Waals surface area contributed by atoms with Gasteiger partial charge in [0.15, 0.2) is 0 Å². The molecule has 1 amide bonds. The molecule has 0 bridgehead atoms. The molecule has 0 spiro atoms. The van der Waals surface area contributed by atoms with Gasteiger partial charge in [0.1, 0.15) is 0 Å². The van der Waals surface area contributed by atoms with Gasteiger partial charge in [0.2, 0.25) is 5.91 Å². The number of carbonyl (C=O) groups excluding carboxylic acids is 1. The molecule has 100 valence electrons. The average molecular weight is 443 g/mol. The second-order valence-corrected chi connectivity index (χ2v) is 7.52. The van der Waals surface area contributed by atoms with Crippen LogP contribution in [0.4, 0.5) is 5.69 Å². The van der Waals surface area contributed by atoms with Crippen molar-refractivity contribution in [1.29, 1.82) is 0 Å². The van der Waals surface area contributed by atoms with E-state index in [4.69, 9.17) is 0 Å². The zero-order valence-corrected chi connectivity index (χ0v) is 15.2. The van der Waals surface area contributed by atoms with Crippen molar-refractivity contribution in [3.63, 3.8) is 0 Å². The summed E-state index contributed by atoms with van der Waals surface area (Å²) in [4.78, 5) is 11.7. The van der Waals surface area contributed by atoms with E-state index in [0.717, 1.165) is 19.1 Å². The maximum absolute atomic E-state index is 11.7. The lowest BCUT2D eigenvalue weighted by molar-refractivity contribution is -0.120. The number of carbonyl (C=O) groups is 1. The van der Waals surface area contributed by atoms with Gasteiger partial charge >= 0.3 is 0 Å². The van der Waals surface area contributed by atoms with E-state index < -0.39 is 0 Å². The lowest BCUT2D eigenvalue weighted by atomic mass is 10.1. The first-order valence-corrected chi connectivity index (χ1v) is 7.76. The third kappa shape index (κ3) is 5.28. The third-order valence-electron chi connectivity index (χ3n) is 1.95. The van der Waals surface area contributed by atoms with Crippen LogP contribution in [0, 0.1) is 0 Å². The first kappa shape index (κ1) is 16.0. The van der Waals surface area contributed by atoms with Crippen LogP contribution in [0.1, 0.15) is 20.8 Å². The molecule has 0 heterocycles. The molecule has 0 aliphatic carbocycles. The maximum atomic E-state index is 11.7. The minimum Gasteiger partial charge on any atom is -0.374 e. The van der Waals surface area contributed by atoms with Gasteiger partial charge in [-0.05, 0) is 64.8 Å². The first-order chi connectivity index (χ1) is 8.19. The fraction of sp³-hybridized carbons (Fsp3) is 0.417. The number of hydrogen-bond acceptors (Lipinski definition) is 2. The van der Waals surface area contributed by atoms with E-state index in [0.29, 0.717) is 0 Å². The summed E-state index contributed by atoms with van der Waals surface area (Å²) in [5.41, 5.74) is 0.648. The van der Waals surface area contributed by atoms with E-state index in [1.54, 1.807) is 0 Å². The number of nitrogens with one attached hydrogen (secondary N) is 2. The smallest absolute Gasteiger partial charge is 0.239 e. The van der Waals surface area contributed by atoms with Crippen LogP contribution in [0.3, 0.4) is 0 Å². The van der Waals surface area contributed by atoms with Crippen molar-refractivity contribution in [2.45, 2.75) is 26.3 Å². The standard InChI is InChI=1S/C12H15Br3N2O/c1-12(2,3)17-10(18)6-16-11-8(14)4-7(13)5-9(11)15/h4-5,16H,6H2,1-3H3,(H,17,18). The quantitative estimate of drug-likeness (QED) is 0.732. The molecular weight excluding hydrogens is 428 g/mol. The Hall–Kier alpha value is -0.0700. The second-order valence-electron chi connectivity index (χ2n) is 4.90. The number of rotatable bonds is 3. The van der Waals surface area contributed by atoms with Crippen LogP contribution in [0.2, 0.25) is 0 Å².